The average Bonchev–Trinajstić information content (AvgIpc) is 2.17. The van der Waals surface area contributed by atoms with E-state index in [1.54, 1.807) is 0 Å². The lowest BCUT2D eigenvalue weighted by molar-refractivity contribution is 0.815. The maximum atomic E-state index is 4.49. The van der Waals surface area contributed by atoms with Gasteiger partial charge >= 0.3 is 0 Å². The van der Waals surface area contributed by atoms with E-state index in [9.17, 15) is 0 Å². The summed E-state index contributed by atoms with van der Waals surface area (Å²) >= 11 is 0. The number of aryl methyl sites for hydroxylation is 2. The molecule has 0 saturated carbocycles. The normalized spacial score (nSPS) is 10.3. The van der Waals surface area contributed by atoms with E-state index in [-0.39, 0.29) is 0 Å². The molecule has 1 aromatic heterocycles. The van der Waals surface area contributed by atoms with E-state index in [0.717, 1.165) is 36.6 Å². The fourth-order valence-electron chi connectivity index (χ4n) is 1.62. The standard InChI is InChI=1S/C11H19N3/c1-5-7-10-13-8(3)9(6-2)11(12-4)14-10/h5-7H2,1-4H3,(H,12,13,14). The van der Waals surface area contributed by atoms with E-state index in [4.69, 9.17) is 0 Å². The van der Waals surface area contributed by atoms with Gasteiger partial charge in [-0.25, -0.2) is 9.97 Å². The summed E-state index contributed by atoms with van der Waals surface area (Å²) in [6, 6.07) is 0. The highest BCUT2D eigenvalue weighted by Gasteiger charge is 2.07. The van der Waals surface area contributed by atoms with Crippen LogP contribution in [0.5, 0.6) is 0 Å². The third-order valence-corrected chi connectivity index (χ3v) is 2.32. The van der Waals surface area contributed by atoms with E-state index in [1.807, 2.05) is 7.05 Å². The van der Waals surface area contributed by atoms with Crippen LogP contribution in [0.2, 0.25) is 0 Å². The summed E-state index contributed by atoms with van der Waals surface area (Å²) in [6.45, 7) is 6.33. The maximum Gasteiger partial charge on any atom is 0.132 e. The Balaban J connectivity index is 3.10. The molecule has 0 unspecified atom stereocenters. The zero-order valence-corrected chi connectivity index (χ0v) is 9.52. The number of nitrogens with one attached hydrogen (secondary N) is 1. The first kappa shape index (κ1) is 11.0. The topological polar surface area (TPSA) is 37.8 Å². The summed E-state index contributed by atoms with van der Waals surface area (Å²) in [7, 11) is 1.91. The SMILES string of the molecule is CCCc1nc(C)c(CC)c(NC)n1. The van der Waals surface area contributed by atoms with Gasteiger partial charge < -0.3 is 5.32 Å². The third kappa shape index (κ3) is 2.22. The Kier molecular flexibility index (Phi) is 3.86. The van der Waals surface area contributed by atoms with Crippen molar-refractivity contribution >= 4 is 5.82 Å². The highest BCUT2D eigenvalue weighted by atomic mass is 15.0. The second kappa shape index (κ2) is 4.94. The number of nitrogens with zero attached hydrogens (tertiary/aromatic N) is 2. The monoisotopic (exact) mass is 193 g/mol. The van der Waals surface area contributed by atoms with Crippen LogP contribution in [0.1, 0.15) is 37.4 Å². The quantitative estimate of drug-likeness (QED) is 0.797. The van der Waals surface area contributed by atoms with Gasteiger partial charge in [-0.05, 0) is 19.8 Å². The second-order valence-corrected chi connectivity index (χ2v) is 3.41. The van der Waals surface area contributed by atoms with Gasteiger partial charge in [0.15, 0.2) is 0 Å². The molecule has 0 aliphatic heterocycles. The molecular weight excluding hydrogens is 174 g/mol. The minimum absolute atomic E-state index is 0.951. The Labute approximate surface area is 86.0 Å². The van der Waals surface area contributed by atoms with Crippen LogP contribution in [-0.2, 0) is 12.8 Å². The first-order valence-corrected chi connectivity index (χ1v) is 5.27. The molecule has 3 nitrogen and oxygen atoms in total. The molecule has 3 heteroatoms. The molecule has 0 aromatic carbocycles. The van der Waals surface area contributed by atoms with Crippen molar-refractivity contribution in [1.82, 2.24) is 9.97 Å². The molecule has 0 atom stereocenters. The number of hydrogen-bond acceptors (Lipinski definition) is 3. The second-order valence-electron chi connectivity index (χ2n) is 3.41. The first-order chi connectivity index (χ1) is 6.72. The van der Waals surface area contributed by atoms with Crippen molar-refractivity contribution in [2.24, 2.45) is 0 Å². The molecular formula is C11H19N3. The highest BCUT2D eigenvalue weighted by Crippen LogP contribution is 2.16. The molecule has 14 heavy (non-hydrogen) atoms. The van der Waals surface area contributed by atoms with Crippen LogP contribution >= 0.6 is 0 Å². The largest absolute Gasteiger partial charge is 0.373 e. The smallest absolute Gasteiger partial charge is 0.132 e. The van der Waals surface area contributed by atoms with E-state index < -0.39 is 0 Å². The molecule has 0 bridgehead atoms. The van der Waals surface area contributed by atoms with Crippen LogP contribution in [0.3, 0.4) is 0 Å². The van der Waals surface area contributed by atoms with Crippen LogP contribution in [0, 0.1) is 6.92 Å². The number of anilines is 1. The maximum absolute atomic E-state index is 4.49. The van der Waals surface area contributed by atoms with Crippen molar-refractivity contribution in [2.45, 2.75) is 40.0 Å². The Morgan fingerprint density at radius 1 is 1.21 bits per heavy atom. The predicted molar refractivity (Wildman–Crippen MR) is 59.7 cm³/mol. The van der Waals surface area contributed by atoms with Gasteiger partial charge in [-0.1, -0.05) is 13.8 Å². The summed E-state index contributed by atoms with van der Waals surface area (Å²) in [5.74, 6) is 1.94. The molecule has 0 radical (unpaired) electrons. The van der Waals surface area contributed by atoms with Gasteiger partial charge in [0.1, 0.15) is 11.6 Å². The molecule has 0 amide bonds. The third-order valence-electron chi connectivity index (χ3n) is 2.32. The van der Waals surface area contributed by atoms with Gasteiger partial charge in [0.25, 0.3) is 0 Å². The zero-order chi connectivity index (χ0) is 10.6. The van der Waals surface area contributed by atoms with Gasteiger partial charge in [0, 0.05) is 24.7 Å². The van der Waals surface area contributed by atoms with Gasteiger partial charge in [0.05, 0.1) is 0 Å². The highest BCUT2D eigenvalue weighted by molar-refractivity contribution is 5.45. The Bertz CT molecular complexity index is 308. The van der Waals surface area contributed by atoms with Crippen LogP contribution < -0.4 is 5.32 Å². The van der Waals surface area contributed by atoms with Crippen LogP contribution in [0.4, 0.5) is 5.82 Å². The van der Waals surface area contributed by atoms with Crippen LogP contribution in [0.25, 0.3) is 0 Å². The van der Waals surface area contributed by atoms with Gasteiger partial charge in [-0.2, -0.15) is 0 Å². The summed E-state index contributed by atoms with van der Waals surface area (Å²) in [4.78, 5) is 8.98. The molecule has 1 aromatic rings. The average molecular weight is 193 g/mol. The van der Waals surface area contributed by atoms with E-state index in [0.29, 0.717) is 0 Å². The fraction of sp³-hybridized carbons (Fsp3) is 0.636. The van der Waals surface area contributed by atoms with Crippen molar-refractivity contribution in [3.8, 4) is 0 Å². The molecule has 1 rings (SSSR count). The van der Waals surface area contributed by atoms with Crippen molar-refractivity contribution < 1.29 is 0 Å². The van der Waals surface area contributed by atoms with Crippen molar-refractivity contribution in [2.75, 3.05) is 12.4 Å². The number of rotatable bonds is 4. The summed E-state index contributed by atoms with van der Waals surface area (Å²) in [5.41, 5.74) is 2.34. The summed E-state index contributed by atoms with van der Waals surface area (Å²) in [5, 5.41) is 3.14. The van der Waals surface area contributed by atoms with Gasteiger partial charge in [-0.3, -0.25) is 0 Å². The molecule has 0 fully saturated rings. The van der Waals surface area contributed by atoms with Crippen LogP contribution in [0.15, 0.2) is 0 Å². The minimum Gasteiger partial charge on any atom is -0.373 e. The Morgan fingerprint density at radius 3 is 2.43 bits per heavy atom. The fourth-order valence-corrected chi connectivity index (χ4v) is 1.62. The molecule has 0 aliphatic rings. The molecule has 0 aliphatic carbocycles. The van der Waals surface area contributed by atoms with Crippen molar-refractivity contribution in [3.05, 3.63) is 17.1 Å². The molecule has 1 N–H and O–H groups in total. The zero-order valence-electron chi connectivity index (χ0n) is 9.52. The van der Waals surface area contributed by atoms with Gasteiger partial charge in [0.2, 0.25) is 0 Å². The number of hydrogen-bond donors (Lipinski definition) is 1. The van der Waals surface area contributed by atoms with Gasteiger partial charge in [-0.15, -0.1) is 0 Å². The van der Waals surface area contributed by atoms with E-state index in [2.05, 4.69) is 36.1 Å². The molecule has 1 heterocycles. The van der Waals surface area contributed by atoms with E-state index in [1.165, 1.54) is 5.56 Å². The molecule has 0 spiro atoms. The predicted octanol–water partition coefficient (Wildman–Crippen LogP) is 2.34. The molecule has 78 valence electrons. The Hall–Kier alpha value is -1.12. The first-order valence-electron chi connectivity index (χ1n) is 5.27. The summed E-state index contributed by atoms with van der Waals surface area (Å²) < 4.78 is 0. The van der Waals surface area contributed by atoms with E-state index >= 15 is 0 Å². The number of aromatic nitrogens is 2. The van der Waals surface area contributed by atoms with Crippen molar-refractivity contribution in [3.63, 3.8) is 0 Å². The van der Waals surface area contributed by atoms with Crippen LogP contribution in [-0.4, -0.2) is 17.0 Å². The van der Waals surface area contributed by atoms with Crippen molar-refractivity contribution in [1.29, 1.82) is 0 Å². The summed E-state index contributed by atoms with van der Waals surface area (Å²) in [6.07, 6.45) is 3.03. The lowest BCUT2D eigenvalue weighted by Crippen LogP contribution is -2.06. The Morgan fingerprint density at radius 2 is 1.93 bits per heavy atom. The minimum atomic E-state index is 0.951. The lowest BCUT2D eigenvalue weighted by atomic mass is 10.1. The molecule has 0 saturated heterocycles. The lowest BCUT2D eigenvalue weighted by Gasteiger charge is -2.10.